The van der Waals surface area contributed by atoms with E-state index in [0.717, 1.165) is 33.2 Å². The van der Waals surface area contributed by atoms with Crippen molar-refractivity contribution in [2.45, 2.75) is 0 Å². The van der Waals surface area contributed by atoms with Gasteiger partial charge in [-0.1, -0.05) is 42.5 Å². The molecule has 0 spiro atoms. The lowest BCUT2D eigenvalue weighted by Gasteiger charge is -2.01. The summed E-state index contributed by atoms with van der Waals surface area (Å²) in [6.45, 7) is 0. The van der Waals surface area contributed by atoms with Crippen LogP contribution in [-0.2, 0) is 0 Å². The summed E-state index contributed by atoms with van der Waals surface area (Å²) in [5.41, 5.74) is 4.93. The standard InChI is InChI=1S/C17H11NO/c1-2-6-12(7-3-1)13-8-4-9-14-16-15(19-17(13)14)10-5-11-18-16/h1-11H. The average Bonchev–Trinajstić information content (AvgIpc) is 2.87. The van der Waals surface area contributed by atoms with Crippen LogP contribution in [0, 0.1) is 0 Å². The maximum atomic E-state index is 5.98. The number of fused-ring (bicyclic) bond motifs is 3. The maximum absolute atomic E-state index is 5.98. The van der Waals surface area contributed by atoms with Gasteiger partial charge in [-0.3, -0.25) is 4.98 Å². The molecule has 4 aromatic rings. The fraction of sp³-hybridized carbons (Fsp3) is 0. The van der Waals surface area contributed by atoms with Gasteiger partial charge in [-0.2, -0.15) is 0 Å². The monoisotopic (exact) mass is 245 g/mol. The smallest absolute Gasteiger partial charge is 0.153 e. The maximum Gasteiger partial charge on any atom is 0.153 e. The van der Waals surface area contributed by atoms with Crippen molar-refractivity contribution in [2.75, 3.05) is 0 Å². The molecule has 0 fully saturated rings. The van der Waals surface area contributed by atoms with Crippen molar-refractivity contribution >= 4 is 22.1 Å². The van der Waals surface area contributed by atoms with Gasteiger partial charge in [-0.15, -0.1) is 0 Å². The van der Waals surface area contributed by atoms with Crippen LogP contribution >= 0.6 is 0 Å². The number of nitrogens with zero attached hydrogens (tertiary/aromatic N) is 1. The molecule has 0 amide bonds. The Bertz CT molecular complexity index is 862. The normalized spacial score (nSPS) is 11.2. The second-order valence-electron chi connectivity index (χ2n) is 4.50. The number of benzene rings is 2. The molecule has 0 bridgehead atoms. The summed E-state index contributed by atoms with van der Waals surface area (Å²) < 4.78 is 5.98. The third-order valence-corrected chi connectivity index (χ3v) is 3.34. The Hall–Kier alpha value is -2.61. The summed E-state index contributed by atoms with van der Waals surface area (Å²) in [6, 6.07) is 20.3. The van der Waals surface area contributed by atoms with Gasteiger partial charge < -0.3 is 4.42 Å². The first-order valence-corrected chi connectivity index (χ1v) is 6.25. The van der Waals surface area contributed by atoms with E-state index >= 15 is 0 Å². The van der Waals surface area contributed by atoms with Gasteiger partial charge in [0.15, 0.2) is 5.58 Å². The number of hydrogen-bond donors (Lipinski definition) is 0. The molecule has 0 aliphatic rings. The van der Waals surface area contributed by atoms with Gasteiger partial charge in [0.1, 0.15) is 11.1 Å². The van der Waals surface area contributed by atoms with Crippen molar-refractivity contribution in [3.8, 4) is 11.1 Å². The second-order valence-corrected chi connectivity index (χ2v) is 4.50. The highest BCUT2D eigenvalue weighted by atomic mass is 16.3. The van der Waals surface area contributed by atoms with Gasteiger partial charge >= 0.3 is 0 Å². The molecule has 19 heavy (non-hydrogen) atoms. The fourth-order valence-corrected chi connectivity index (χ4v) is 2.46. The van der Waals surface area contributed by atoms with Crippen molar-refractivity contribution in [1.82, 2.24) is 4.98 Å². The van der Waals surface area contributed by atoms with Crippen LogP contribution in [0.2, 0.25) is 0 Å². The molecule has 0 N–H and O–H groups in total. The topological polar surface area (TPSA) is 26.0 Å². The van der Waals surface area contributed by atoms with E-state index in [1.165, 1.54) is 0 Å². The lowest BCUT2D eigenvalue weighted by Crippen LogP contribution is -1.77. The van der Waals surface area contributed by atoms with Crippen LogP contribution in [0.3, 0.4) is 0 Å². The molecule has 2 aromatic heterocycles. The number of hydrogen-bond acceptors (Lipinski definition) is 2. The lowest BCUT2D eigenvalue weighted by molar-refractivity contribution is 0.669. The van der Waals surface area contributed by atoms with Gasteiger partial charge in [0.25, 0.3) is 0 Å². The average molecular weight is 245 g/mol. The summed E-state index contributed by atoms with van der Waals surface area (Å²) in [5.74, 6) is 0. The molecule has 2 aromatic carbocycles. The highest BCUT2D eigenvalue weighted by molar-refractivity contribution is 6.07. The predicted molar refractivity (Wildman–Crippen MR) is 77.0 cm³/mol. The molecule has 2 heteroatoms. The summed E-state index contributed by atoms with van der Waals surface area (Å²) in [5, 5.41) is 1.07. The Kier molecular flexibility index (Phi) is 2.15. The molecule has 90 valence electrons. The number of furan rings is 1. The first-order chi connectivity index (χ1) is 9.43. The van der Waals surface area contributed by atoms with E-state index in [2.05, 4.69) is 29.2 Å². The van der Waals surface area contributed by atoms with E-state index in [-0.39, 0.29) is 0 Å². The minimum absolute atomic E-state index is 0.834. The highest BCUT2D eigenvalue weighted by Gasteiger charge is 2.11. The van der Waals surface area contributed by atoms with Gasteiger partial charge in [0.05, 0.1) is 0 Å². The first kappa shape index (κ1) is 10.3. The van der Waals surface area contributed by atoms with E-state index in [4.69, 9.17) is 4.42 Å². The first-order valence-electron chi connectivity index (χ1n) is 6.25. The number of aromatic nitrogens is 1. The molecule has 0 saturated heterocycles. The fourth-order valence-electron chi connectivity index (χ4n) is 2.46. The van der Waals surface area contributed by atoms with Gasteiger partial charge in [0.2, 0.25) is 0 Å². The van der Waals surface area contributed by atoms with Crippen LogP contribution < -0.4 is 0 Å². The van der Waals surface area contributed by atoms with Gasteiger partial charge in [0, 0.05) is 17.1 Å². The Labute approximate surface area is 110 Å². The molecular weight excluding hydrogens is 234 g/mol. The Morgan fingerprint density at radius 3 is 2.58 bits per heavy atom. The summed E-state index contributed by atoms with van der Waals surface area (Å²) in [7, 11) is 0. The van der Waals surface area contributed by atoms with Crippen LogP contribution in [0.5, 0.6) is 0 Å². The summed E-state index contributed by atoms with van der Waals surface area (Å²) >= 11 is 0. The minimum Gasteiger partial charge on any atom is -0.454 e. The zero-order valence-corrected chi connectivity index (χ0v) is 10.2. The van der Waals surface area contributed by atoms with Crippen molar-refractivity contribution in [1.29, 1.82) is 0 Å². The molecule has 2 heterocycles. The lowest BCUT2D eigenvalue weighted by atomic mass is 10.0. The van der Waals surface area contributed by atoms with Crippen LogP contribution in [0.1, 0.15) is 0 Å². The van der Waals surface area contributed by atoms with E-state index in [1.807, 2.05) is 36.4 Å². The number of para-hydroxylation sites is 1. The largest absolute Gasteiger partial charge is 0.454 e. The number of pyridine rings is 1. The van der Waals surface area contributed by atoms with Crippen LogP contribution in [-0.4, -0.2) is 4.98 Å². The molecule has 0 radical (unpaired) electrons. The Morgan fingerprint density at radius 1 is 0.789 bits per heavy atom. The number of rotatable bonds is 1. The zero-order chi connectivity index (χ0) is 12.7. The van der Waals surface area contributed by atoms with Crippen molar-refractivity contribution in [3.05, 3.63) is 66.9 Å². The van der Waals surface area contributed by atoms with E-state index in [0.29, 0.717) is 0 Å². The molecule has 4 rings (SSSR count). The summed E-state index contributed by atoms with van der Waals surface area (Å²) in [6.07, 6.45) is 1.80. The van der Waals surface area contributed by atoms with Crippen molar-refractivity contribution in [3.63, 3.8) is 0 Å². The molecular formula is C17H11NO. The van der Waals surface area contributed by atoms with E-state index in [9.17, 15) is 0 Å². The molecule has 0 aliphatic carbocycles. The minimum atomic E-state index is 0.834. The Morgan fingerprint density at radius 2 is 1.68 bits per heavy atom. The molecule has 0 aliphatic heterocycles. The van der Waals surface area contributed by atoms with Crippen molar-refractivity contribution < 1.29 is 4.42 Å². The third kappa shape index (κ3) is 1.54. The molecule has 2 nitrogen and oxygen atoms in total. The third-order valence-electron chi connectivity index (χ3n) is 3.34. The van der Waals surface area contributed by atoms with Crippen LogP contribution in [0.25, 0.3) is 33.2 Å². The predicted octanol–water partition coefficient (Wildman–Crippen LogP) is 4.65. The Balaban J connectivity index is 2.13. The van der Waals surface area contributed by atoms with Crippen molar-refractivity contribution in [2.24, 2.45) is 0 Å². The van der Waals surface area contributed by atoms with Crippen LogP contribution in [0.4, 0.5) is 0 Å². The SMILES string of the molecule is c1ccc(-c2cccc3c2oc2cccnc23)cc1. The van der Waals surface area contributed by atoms with E-state index in [1.54, 1.807) is 6.20 Å². The molecule has 0 saturated carbocycles. The highest BCUT2D eigenvalue weighted by Crippen LogP contribution is 2.34. The second kappa shape index (κ2) is 3.95. The van der Waals surface area contributed by atoms with Gasteiger partial charge in [-0.25, -0.2) is 0 Å². The van der Waals surface area contributed by atoms with Crippen LogP contribution in [0.15, 0.2) is 71.3 Å². The van der Waals surface area contributed by atoms with E-state index < -0.39 is 0 Å². The van der Waals surface area contributed by atoms with Gasteiger partial charge in [-0.05, 0) is 23.8 Å². The molecule has 0 atom stereocenters. The summed E-state index contributed by atoms with van der Waals surface area (Å²) in [4.78, 5) is 4.41. The molecule has 0 unspecified atom stereocenters. The quantitative estimate of drug-likeness (QED) is 0.488. The zero-order valence-electron chi connectivity index (χ0n) is 10.2.